The smallest absolute Gasteiger partial charge is 0.250 e. The van der Waals surface area contributed by atoms with Crippen LogP contribution in [0, 0.1) is 17.3 Å². The molecule has 146 valence electrons. The third-order valence-corrected chi connectivity index (χ3v) is 12.4. The molecule has 3 heteroatoms. The molecule has 0 N–H and O–H groups in total. The number of benzene rings is 1. The lowest BCUT2D eigenvalue weighted by Gasteiger charge is -2.43. The van der Waals surface area contributed by atoms with E-state index in [0.717, 1.165) is 31.4 Å². The Balaban J connectivity index is 1.64. The molecule has 0 saturated heterocycles. The number of allylic oxidation sites excluding steroid dienone is 2. The highest BCUT2D eigenvalue weighted by Crippen LogP contribution is 2.57. The number of carbonyl (C=O) groups is 1. The van der Waals surface area contributed by atoms with Crippen LogP contribution in [0.4, 0.5) is 0 Å². The SMILES string of the molecule is CC(C)(C)[Si](C)(C)Oc1ccc2c(c1)CC[C@@H]1C2=CC[C@]2(C)C(=O)CC[C@@H]12. The lowest BCUT2D eigenvalue weighted by Crippen LogP contribution is -2.43. The van der Waals surface area contributed by atoms with Crippen molar-refractivity contribution in [3.05, 3.63) is 35.4 Å². The quantitative estimate of drug-likeness (QED) is 0.553. The van der Waals surface area contributed by atoms with Crippen LogP contribution in [0.5, 0.6) is 5.75 Å². The molecular formula is C24H34O2Si. The Morgan fingerprint density at radius 2 is 1.89 bits per heavy atom. The lowest BCUT2D eigenvalue weighted by atomic mass is 9.60. The summed E-state index contributed by atoms with van der Waals surface area (Å²) in [7, 11) is -1.81. The van der Waals surface area contributed by atoms with Gasteiger partial charge >= 0.3 is 0 Å². The van der Waals surface area contributed by atoms with Gasteiger partial charge in [0.2, 0.25) is 8.32 Å². The predicted octanol–water partition coefficient (Wildman–Crippen LogP) is 6.41. The van der Waals surface area contributed by atoms with Crippen LogP contribution >= 0.6 is 0 Å². The summed E-state index contributed by atoms with van der Waals surface area (Å²) >= 11 is 0. The summed E-state index contributed by atoms with van der Waals surface area (Å²) in [4.78, 5) is 12.5. The molecule has 0 amide bonds. The average Bonchev–Trinajstić information content (AvgIpc) is 2.88. The third-order valence-electron chi connectivity index (χ3n) is 8.06. The summed E-state index contributed by atoms with van der Waals surface area (Å²) in [5, 5.41) is 0.208. The number of hydrogen-bond donors (Lipinski definition) is 0. The van der Waals surface area contributed by atoms with Gasteiger partial charge in [0.05, 0.1) is 0 Å². The van der Waals surface area contributed by atoms with E-state index in [1.54, 1.807) is 0 Å². The van der Waals surface area contributed by atoms with Crippen molar-refractivity contribution in [1.82, 2.24) is 0 Å². The highest BCUT2D eigenvalue weighted by Gasteiger charge is 2.52. The molecule has 0 radical (unpaired) electrons. The molecule has 1 saturated carbocycles. The predicted molar refractivity (Wildman–Crippen MR) is 115 cm³/mol. The molecule has 0 heterocycles. The molecule has 0 bridgehead atoms. The number of ketones is 1. The van der Waals surface area contributed by atoms with Crippen molar-refractivity contribution in [3.63, 3.8) is 0 Å². The summed E-state index contributed by atoms with van der Waals surface area (Å²) in [6.45, 7) is 13.7. The Labute approximate surface area is 165 Å². The van der Waals surface area contributed by atoms with Gasteiger partial charge in [0.1, 0.15) is 11.5 Å². The van der Waals surface area contributed by atoms with E-state index in [9.17, 15) is 4.79 Å². The van der Waals surface area contributed by atoms with E-state index in [1.165, 1.54) is 23.1 Å². The Kier molecular flexibility index (Phi) is 4.27. The van der Waals surface area contributed by atoms with Crippen molar-refractivity contribution in [2.24, 2.45) is 17.3 Å². The highest BCUT2D eigenvalue weighted by atomic mass is 28.4. The van der Waals surface area contributed by atoms with Crippen LogP contribution in [0.1, 0.15) is 64.5 Å². The standard InChI is InChI=1S/C24H34O2Si/c1-23(2,3)27(5,6)26-17-8-10-18-16(15-17)7-9-20-19(18)13-14-24(4)21(20)11-12-22(24)25/h8,10,13,15,20-21H,7,9,11-12,14H2,1-6H3/t20-,21+,24+/m1/s1. The van der Waals surface area contributed by atoms with Crippen LogP contribution in [0.25, 0.3) is 5.57 Å². The number of aryl methyl sites for hydroxylation is 1. The summed E-state index contributed by atoms with van der Waals surface area (Å²) in [5.74, 6) is 2.64. The third kappa shape index (κ3) is 2.93. The summed E-state index contributed by atoms with van der Waals surface area (Å²) < 4.78 is 6.54. The minimum absolute atomic E-state index is 0.100. The fourth-order valence-electron chi connectivity index (χ4n) is 5.25. The van der Waals surface area contributed by atoms with Crippen molar-refractivity contribution >= 4 is 19.7 Å². The first-order valence-electron chi connectivity index (χ1n) is 10.6. The minimum atomic E-state index is -1.81. The van der Waals surface area contributed by atoms with Crippen LogP contribution in [0.3, 0.4) is 0 Å². The van der Waals surface area contributed by atoms with Gasteiger partial charge in [0, 0.05) is 11.8 Å². The topological polar surface area (TPSA) is 26.3 Å². The molecule has 1 aromatic rings. The summed E-state index contributed by atoms with van der Waals surface area (Å²) in [5.41, 5.74) is 4.25. The van der Waals surface area contributed by atoms with Gasteiger partial charge < -0.3 is 4.43 Å². The Morgan fingerprint density at radius 3 is 2.59 bits per heavy atom. The second-order valence-electron chi connectivity index (χ2n) is 10.7. The van der Waals surface area contributed by atoms with Crippen LogP contribution in [-0.4, -0.2) is 14.1 Å². The van der Waals surface area contributed by atoms with E-state index in [0.29, 0.717) is 17.6 Å². The van der Waals surface area contributed by atoms with Crippen LogP contribution in [-0.2, 0) is 11.2 Å². The van der Waals surface area contributed by atoms with E-state index in [1.807, 2.05) is 0 Å². The van der Waals surface area contributed by atoms with Gasteiger partial charge in [-0.3, -0.25) is 4.79 Å². The Hall–Kier alpha value is -1.35. The largest absolute Gasteiger partial charge is 0.543 e. The molecule has 0 aliphatic heterocycles. The van der Waals surface area contributed by atoms with E-state index in [4.69, 9.17) is 4.43 Å². The van der Waals surface area contributed by atoms with E-state index < -0.39 is 8.32 Å². The van der Waals surface area contributed by atoms with Gasteiger partial charge in [0.25, 0.3) is 0 Å². The molecule has 27 heavy (non-hydrogen) atoms. The average molecular weight is 383 g/mol. The van der Waals surface area contributed by atoms with Gasteiger partial charge in [-0.1, -0.05) is 39.8 Å². The van der Waals surface area contributed by atoms with Gasteiger partial charge in [-0.2, -0.15) is 0 Å². The van der Waals surface area contributed by atoms with Crippen molar-refractivity contribution in [3.8, 4) is 5.75 Å². The maximum absolute atomic E-state index is 12.5. The fraction of sp³-hybridized carbons (Fsp3) is 0.625. The maximum atomic E-state index is 12.5. The zero-order chi connectivity index (χ0) is 19.6. The Bertz CT molecular complexity index is 814. The second kappa shape index (κ2) is 6.07. The molecule has 0 spiro atoms. The zero-order valence-corrected chi connectivity index (χ0v) is 18.8. The van der Waals surface area contributed by atoms with Crippen LogP contribution in [0.15, 0.2) is 24.3 Å². The number of hydrogen-bond acceptors (Lipinski definition) is 2. The monoisotopic (exact) mass is 382 g/mol. The lowest BCUT2D eigenvalue weighted by molar-refractivity contribution is -0.126. The maximum Gasteiger partial charge on any atom is 0.250 e. The van der Waals surface area contributed by atoms with Crippen LogP contribution in [0.2, 0.25) is 18.1 Å². The molecule has 2 nitrogen and oxygen atoms in total. The number of Topliss-reactive ketones (excluding diaryl/α,β-unsaturated/α-hetero) is 1. The zero-order valence-electron chi connectivity index (χ0n) is 17.8. The van der Waals surface area contributed by atoms with Gasteiger partial charge in [0.15, 0.2) is 0 Å². The first kappa shape index (κ1) is 19.0. The fourth-order valence-corrected chi connectivity index (χ4v) is 6.27. The number of rotatable bonds is 2. The number of carbonyl (C=O) groups excluding carboxylic acids is 1. The molecule has 3 aliphatic rings. The van der Waals surface area contributed by atoms with E-state index >= 15 is 0 Å². The van der Waals surface area contributed by atoms with Crippen molar-refractivity contribution in [2.45, 2.75) is 77.9 Å². The first-order chi connectivity index (χ1) is 12.5. The molecule has 0 unspecified atom stereocenters. The molecule has 3 aliphatic carbocycles. The van der Waals surface area contributed by atoms with Gasteiger partial charge in [-0.15, -0.1) is 0 Å². The highest BCUT2D eigenvalue weighted by molar-refractivity contribution is 6.74. The van der Waals surface area contributed by atoms with Gasteiger partial charge in [-0.05, 0) is 84.5 Å². The molecule has 3 atom stereocenters. The van der Waals surface area contributed by atoms with Gasteiger partial charge in [-0.25, -0.2) is 0 Å². The first-order valence-corrected chi connectivity index (χ1v) is 13.5. The van der Waals surface area contributed by atoms with Crippen molar-refractivity contribution in [1.29, 1.82) is 0 Å². The minimum Gasteiger partial charge on any atom is -0.543 e. The Morgan fingerprint density at radius 1 is 1.15 bits per heavy atom. The molecule has 1 aromatic carbocycles. The molecule has 1 fully saturated rings. The van der Waals surface area contributed by atoms with E-state index in [-0.39, 0.29) is 10.5 Å². The normalized spacial score (nSPS) is 30.3. The van der Waals surface area contributed by atoms with Crippen molar-refractivity contribution in [2.75, 3.05) is 0 Å². The molecule has 4 rings (SSSR count). The summed E-state index contributed by atoms with van der Waals surface area (Å²) in [6, 6.07) is 6.76. The van der Waals surface area contributed by atoms with E-state index in [2.05, 4.69) is 65.1 Å². The summed E-state index contributed by atoms with van der Waals surface area (Å²) in [6.07, 6.45) is 7.45. The second-order valence-corrected chi connectivity index (χ2v) is 15.4. The number of fused-ring (bicyclic) bond motifs is 5. The van der Waals surface area contributed by atoms with Crippen LogP contribution < -0.4 is 4.43 Å². The van der Waals surface area contributed by atoms with Crippen molar-refractivity contribution < 1.29 is 9.22 Å². The molecular weight excluding hydrogens is 348 g/mol. The molecule has 0 aromatic heterocycles.